The lowest BCUT2D eigenvalue weighted by Gasteiger charge is -2.55. The summed E-state index contributed by atoms with van der Waals surface area (Å²) in [6, 6.07) is 1.91. The van der Waals surface area contributed by atoms with Crippen molar-refractivity contribution in [2.45, 2.75) is 25.9 Å². The highest BCUT2D eigenvalue weighted by molar-refractivity contribution is 5.37. The maximum absolute atomic E-state index is 5.08. The second-order valence-corrected chi connectivity index (χ2v) is 4.99. The molecule has 0 amide bonds. The highest BCUT2D eigenvalue weighted by atomic mass is 16.5. The smallest absolute Gasteiger partial charge is 0.225 e. The Morgan fingerprint density at radius 2 is 2.25 bits per heavy atom. The second-order valence-electron chi connectivity index (χ2n) is 4.99. The normalized spacial score (nSPS) is 21.7. The van der Waals surface area contributed by atoms with Gasteiger partial charge in [-0.3, -0.25) is 0 Å². The van der Waals surface area contributed by atoms with Gasteiger partial charge in [0.1, 0.15) is 0 Å². The van der Waals surface area contributed by atoms with Crippen LogP contribution >= 0.6 is 0 Å². The topological polar surface area (TPSA) is 38.2 Å². The van der Waals surface area contributed by atoms with E-state index in [1.165, 1.54) is 19.3 Å². The fraction of sp³-hybridized carbons (Fsp3) is 0.667. The van der Waals surface area contributed by atoms with Crippen molar-refractivity contribution in [2.75, 3.05) is 25.1 Å². The Morgan fingerprint density at radius 3 is 2.88 bits per heavy atom. The van der Waals surface area contributed by atoms with E-state index in [1.807, 2.05) is 12.3 Å². The van der Waals surface area contributed by atoms with Crippen LogP contribution in [0.5, 0.6) is 0 Å². The van der Waals surface area contributed by atoms with Crippen LogP contribution in [0.1, 0.15) is 25.0 Å². The van der Waals surface area contributed by atoms with Gasteiger partial charge in [-0.1, -0.05) is 6.42 Å². The molecule has 0 N–H and O–H groups in total. The van der Waals surface area contributed by atoms with E-state index < -0.39 is 0 Å². The summed E-state index contributed by atoms with van der Waals surface area (Å²) in [4.78, 5) is 11.1. The Hall–Kier alpha value is -1.16. The summed E-state index contributed by atoms with van der Waals surface area (Å²) in [7, 11) is 1.69. The van der Waals surface area contributed by atoms with Gasteiger partial charge in [0.05, 0.1) is 12.3 Å². The third kappa shape index (κ3) is 1.57. The predicted octanol–water partition coefficient (Wildman–Crippen LogP) is 1.61. The van der Waals surface area contributed by atoms with E-state index in [4.69, 9.17) is 4.74 Å². The first-order valence-corrected chi connectivity index (χ1v) is 5.87. The summed E-state index contributed by atoms with van der Waals surface area (Å²) in [6.07, 6.45) is 6.00. The Bertz CT molecular complexity index is 382. The number of rotatable bonds is 3. The van der Waals surface area contributed by atoms with Crippen molar-refractivity contribution >= 4 is 5.95 Å². The quantitative estimate of drug-likeness (QED) is 0.774. The van der Waals surface area contributed by atoms with E-state index in [1.54, 1.807) is 7.11 Å². The number of ether oxygens (including phenoxy) is 1. The summed E-state index contributed by atoms with van der Waals surface area (Å²) >= 11 is 0. The van der Waals surface area contributed by atoms with E-state index >= 15 is 0 Å². The van der Waals surface area contributed by atoms with Crippen LogP contribution in [0.4, 0.5) is 5.95 Å². The third-order valence-corrected chi connectivity index (χ3v) is 3.74. The first-order valence-electron chi connectivity index (χ1n) is 5.87. The van der Waals surface area contributed by atoms with Crippen molar-refractivity contribution in [3.63, 3.8) is 0 Å². The number of methoxy groups -OCH3 is 1. The first-order chi connectivity index (χ1) is 7.81. The van der Waals surface area contributed by atoms with Gasteiger partial charge < -0.3 is 9.64 Å². The molecule has 2 aliphatic rings. The molecule has 16 heavy (non-hydrogen) atoms. The predicted molar refractivity (Wildman–Crippen MR) is 61.2 cm³/mol. The van der Waals surface area contributed by atoms with E-state index in [0.29, 0.717) is 12.0 Å². The first kappa shape index (κ1) is 10.0. The molecule has 1 aromatic heterocycles. The molecule has 86 valence electrons. The number of anilines is 1. The minimum absolute atomic E-state index is 0.564. The molecule has 2 heterocycles. The minimum atomic E-state index is 0.564. The molecular formula is C12H17N3O. The molecule has 4 nitrogen and oxygen atoms in total. The monoisotopic (exact) mass is 219 g/mol. The average molecular weight is 219 g/mol. The van der Waals surface area contributed by atoms with Crippen molar-refractivity contribution in [1.29, 1.82) is 0 Å². The largest absolute Gasteiger partial charge is 0.378 e. The Morgan fingerprint density at radius 1 is 1.44 bits per heavy atom. The molecule has 3 rings (SSSR count). The molecule has 0 radical (unpaired) electrons. The zero-order valence-corrected chi connectivity index (χ0v) is 9.65. The van der Waals surface area contributed by atoms with Crippen LogP contribution in [0, 0.1) is 5.41 Å². The van der Waals surface area contributed by atoms with Gasteiger partial charge in [0.15, 0.2) is 0 Å². The van der Waals surface area contributed by atoms with Crippen LogP contribution in [0.15, 0.2) is 12.3 Å². The highest BCUT2D eigenvalue weighted by Crippen LogP contribution is 2.48. The average Bonchev–Trinajstić information content (AvgIpc) is 2.14. The van der Waals surface area contributed by atoms with Gasteiger partial charge in [0, 0.05) is 31.8 Å². The number of aromatic nitrogens is 2. The van der Waals surface area contributed by atoms with E-state index in [-0.39, 0.29) is 0 Å². The summed E-state index contributed by atoms with van der Waals surface area (Å²) < 4.78 is 5.08. The van der Waals surface area contributed by atoms with Gasteiger partial charge in [-0.2, -0.15) is 0 Å². The van der Waals surface area contributed by atoms with Gasteiger partial charge in [-0.05, 0) is 18.9 Å². The van der Waals surface area contributed by atoms with Crippen molar-refractivity contribution in [3.05, 3.63) is 18.0 Å². The van der Waals surface area contributed by atoms with Crippen LogP contribution in [0.2, 0.25) is 0 Å². The summed E-state index contributed by atoms with van der Waals surface area (Å²) in [6.45, 7) is 2.85. The van der Waals surface area contributed by atoms with Crippen LogP contribution in [-0.2, 0) is 11.3 Å². The van der Waals surface area contributed by atoms with Crippen molar-refractivity contribution in [3.8, 4) is 0 Å². The lowest BCUT2D eigenvalue weighted by Crippen LogP contribution is -2.60. The zero-order chi connectivity index (χ0) is 11.0. The minimum Gasteiger partial charge on any atom is -0.378 e. The van der Waals surface area contributed by atoms with Gasteiger partial charge in [-0.25, -0.2) is 9.97 Å². The maximum atomic E-state index is 5.08. The Balaban J connectivity index is 1.68. The molecule has 0 unspecified atom stereocenters. The van der Waals surface area contributed by atoms with Gasteiger partial charge in [-0.15, -0.1) is 0 Å². The van der Waals surface area contributed by atoms with E-state index in [0.717, 1.165) is 24.7 Å². The molecule has 1 saturated heterocycles. The maximum Gasteiger partial charge on any atom is 0.225 e. The van der Waals surface area contributed by atoms with E-state index in [9.17, 15) is 0 Å². The van der Waals surface area contributed by atoms with Gasteiger partial charge in [0.2, 0.25) is 5.95 Å². The SMILES string of the molecule is COCc1ccnc(N2CC3(CCC3)C2)n1. The Kier molecular flexibility index (Phi) is 2.32. The summed E-state index contributed by atoms with van der Waals surface area (Å²) in [5.74, 6) is 0.868. The molecule has 0 aromatic carbocycles. The Labute approximate surface area is 95.7 Å². The number of nitrogens with zero attached hydrogens (tertiary/aromatic N) is 3. The molecule has 1 aliphatic carbocycles. The number of hydrogen-bond donors (Lipinski definition) is 0. The zero-order valence-electron chi connectivity index (χ0n) is 9.65. The van der Waals surface area contributed by atoms with Crippen molar-refractivity contribution in [2.24, 2.45) is 5.41 Å². The standard InChI is InChI=1S/C12H17N3O/c1-16-7-10-3-6-13-11(14-10)15-8-12(9-15)4-2-5-12/h3,6H,2,4-5,7-9H2,1H3. The molecule has 1 aliphatic heterocycles. The summed E-state index contributed by atoms with van der Waals surface area (Å²) in [5.41, 5.74) is 1.59. The molecular weight excluding hydrogens is 202 g/mol. The van der Waals surface area contributed by atoms with Crippen LogP contribution in [0.25, 0.3) is 0 Å². The molecule has 2 fully saturated rings. The molecule has 4 heteroatoms. The van der Waals surface area contributed by atoms with E-state index in [2.05, 4.69) is 14.9 Å². The van der Waals surface area contributed by atoms with Crippen LogP contribution in [0.3, 0.4) is 0 Å². The molecule has 1 spiro atoms. The fourth-order valence-electron chi connectivity index (χ4n) is 2.66. The van der Waals surface area contributed by atoms with Gasteiger partial charge >= 0.3 is 0 Å². The molecule has 0 atom stereocenters. The highest BCUT2D eigenvalue weighted by Gasteiger charge is 2.48. The van der Waals surface area contributed by atoms with Gasteiger partial charge in [0.25, 0.3) is 0 Å². The lowest BCUT2D eigenvalue weighted by atomic mass is 9.64. The molecule has 1 aromatic rings. The molecule has 1 saturated carbocycles. The lowest BCUT2D eigenvalue weighted by molar-refractivity contribution is 0.0886. The second kappa shape index (κ2) is 3.70. The molecule has 0 bridgehead atoms. The fourth-order valence-corrected chi connectivity index (χ4v) is 2.66. The van der Waals surface area contributed by atoms with Crippen LogP contribution < -0.4 is 4.90 Å². The van der Waals surface area contributed by atoms with Crippen molar-refractivity contribution < 1.29 is 4.74 Å². The number of hydrogen-bond acceptors (Lipinski definition) is 4. The van der Waals surface area contributed by atoms with Crippen molar-refractivity contribution in [1.82, 2.24) is 9.97 Å². The van der Waals surface area contributed by atoms with Crippen LogP contribution in [-0.4, -0.2) is 30.2 Å². The third-order valence-electron chi connectivity index (χ3n) is 3.74. The summed E-state index contributed by atoms with van der Waals surface area (Å²) in [5, 5.41) is 0.